The summed E-state index contributed by atoms with van der Waals surface area (Å²) in [6.07, 6.45) is 0. The van der Waals surface area contributed by atoms with Gasteiger partial charge in [-0.05, 0) is 58.7 Å². The lowest BCUT2D eigenvalue weighted by molar-refractivity contribution is 0.425. The van der Waals surface area contributed by atoms with Gasteiger partial charge in [0.05, 0.1) is 5.41 Å². The van der Waals surface area contributed by atoms with Crippen LogP contribution in [-0.4, -0.2) is 10.2 Å². The lowest BCUT2D eigenvalue weighted by Gasteiger charge is -2.50. The molecule has 0 bridgehead atoms. The molecule has 2 aliphatic rings. The van der Waals surface area contributed by atoms with E-state index in [0.717, 1.165) is 33.8 Å². The van der Waals surface area contributed by atoms with Crippen LogP contribution in [0.5, 0.6) is 11.5 Å². The smallest absolute Gasteiger partial charge is 0.248 e. The zero-order valence-corrected chi connectivity index (χ0v) is 22.3. The molecule has 1 aliphatic carbocycles. The molecule has 2 heterocycles. The predicted molar refractivity (Wildman–Crippen MR) is 156 cm³/mol. The van der Waals surface area contributed by atoms with Crippen LogP contribution in [0.25, 0.3) is 22.9 Å². The number of hydrogen-bond acceptors (Lipinski definition) is 4. The summed E-state index contributed by atoms with van der Waals surface area (Å²) < 4.78 is 12.7. The van der Waals surface area contributed by atoms with Crippen LogP contribution in [0.1, 0.15) is 47.2 Å². The molecule has 4 nitrogen and oxygen atoms in total. The Morgan fingerprint density at radius 1 is 0.475 bits per heavy atom. The maximum absolute atomic E-state index is 6.51. The van der Waals surface area contributed by atoms with E-state index in [4.69, 9.17) is 9.15 Å². The monoisotopic (exact) mass is 518 g/mol. The van der Waals surface area contributed by atoms with Crippen molar-refractivity contribution in [2.45, 2.75) is 24.7 Å². The second kappa shape index (κ2) is 8.27. The average Bonchev–Trinajstić information content (AvgIpc) is 3.50. The first-order chi connectivity index (χ1) is 19.6. The van der Waals surface area contributed by atoms with E-state index in [-0.39, 0.29) is 5.41 Å². The third-order valence-electron chi connectivity index (χ3n) is 8.60. The Hall–Kier alpha value is -4.96. The minimum absolute atomic E-state index is 0.220. The molecule has 0 N–H and O–H groups in total. The Kier molecular flexibility index (Phi) is 4.75. The first-order valence-electron chi connectivity index (χ1n) is 13.6. The van der Waals surface area contributed by atoms with Crippen molar-refractivity contribution in [2.24, 2.45) is 0 Å². The Morgan fingerprint density at radius 3 is 1.68 bits per heavy atom. The molecular weight excluding hydrogens is 492 g/mol. The van der Waals surface area contributed by atoms with Crippen LogP contribution in [0.2, 0.25) is 0 Å². The van der Waals surface area contributed by atoms with Crippen LogP contribution in [0.15, 0.2) is 126 Å². The molecule has 6 aromatic rings. The Labute approximate surface area is 232 Å². The first kappa shape index (κ1) is 23.0. The zero-order valence-electron chi connectivity index (χ0n) is 22.3. The number of hydrogen-bond donors (Lipinski definition) is 0. The molecule has 1 aliphatic heterocycles. The Bertz CT molecular complexity index is 1870. The van der Waals surface area contributed by atoms with E-state index in [1.165, 1.54) is 22.3 Å². The van der Waals surface area contributed by atoms with Gasteiger partial charge in [-0.3, -0.25) is 0 Å². The normalized spacial score (nSPS) is 15.3. The van der Waals surface area contributed by atoms with Crippen molar-refractivity contribution in [1.29, 1.82) is 0 Å². The minimum Gasteiger partial charge on any atom is -0.457 e. The maximum atomic E-state index is 6.51. The number of ether oxygens (including phenoxy) is 1. The summed E-state index contributed by atoms with van der Waals surface area (Å²) in [5.41, 5.74) is 8.31. The lowest BCUT2D eigenvalue weighted by Crippen LogP contribution is -2.43. The van der Waals surface area contributed by atoms with Crippen LogP contribution in [0.4, 0.5) is 0 Å². The quantitative estimate of drug-likeness (QED) is 0.230. The van der Waals surface area contributed by atoms with Gasteiger partial charge in [0.25, 0.3) is 0 Å². The molecule has 0 radical (unpaired) electrons. The molecule has 4 heteroatoms. The largest absolute Gasteiger partial charge is 0.457 e. The van der Waals surface area contributed by atoms with Crippen molar-refractivity contribution in [3.63, 3.8) is 0 Å². The standard InChI is InChI=1S/C36H26N2O2/c1-35(2)25-14-6-7-15-27(25)36(28-16-8-10-18-31(28)39-32-19-11-9-17-29(32)36)30-22-24(20-21-26(30)35)34-38-37-33(40-34)23-12-4-3-5-13-23/h3-22H,1-2H3. The maximum Gasteiger partial charge on any atom is 0.248 e. The molecule has 0 saturated heterocycles. The van der Waals surface area contributed by atoms with E-state index in [1.807, 2.05) is 42.5 Å². The highest BCUT2D eigenvalue weighted by Crippen LogP contribution is 2.61. The van der Waals surface area contributed by atoms with Gasteiger partial charge in [-0.25, -0.2) is 0 Å². The minimum atomic E-state index is -0.578. The second-order valence-electron chi connectivity index (χ2n) is 11.1. The third-order valence-corrected chi connectivity index (χ3v) is 8.60. The van der Waals surface area contributed by atoms with E-state index in [0.29, 0.717) is 11.8 Å². The highest BCUT2D eigenvalue weighted by Gasteiger charge is 2.52. The molecule has 1 spiro atoms. The van der Waals surface area contributed by atoms with Gasteiger partial charge < -0.3 is 9.15 Å². The molecule has 1 aromatic heterocycles. The number of para-hydroxylation sites is 2. The molecule has 40 heavy (non-hydrogen) atoms. The van der Waals surface area contributed by atoms with Crippen molar-refractivity contribution in [2.75, 3.05) is 0 Å². The van der Waals surface area contributed by atoms with Crippen molar-refractivity contribution in [3.05, 3.63) is 155 Å². The number of fused-ring (bicyclic) bond motifs is 8. The summed E-state index contributed by atoms with van der Waals surface area (Å²) in [6.45, 7) is 4.63. The Balaban J connectivity index is 1.45. The molecule has 8 rings (SSSR count). The van der Waals surface area contributed by atoms with Crippen molar-refractivity contribution >= 4 is 0 Å². The van der Waals surface area contributed by atoms with Gasteiger partial charge >= 0.3 is 0 Å². The van der Waals surface area contributed by atoms with Crippen LogP contribution in [0.3, 0.4) is 0 Å². The Morgan fingerprint density at radius 2 is 1.00 bits per heavy atom. The summed E-state index contributed by atoms with van der Waals surface area (Å²) >= 11 is 0. The summed E-state index contributed by atoms with van der Waals surface area (Å²) in [4.78, 5) is 0. The fourth-order valence-corrected chi connectivity index (χ4v) is 6.79. The van der Waals surface area contributed by atoms with Gasteiger partial charge in [-0.15, -0.1) is 10.2 Å². The van der Waals surface area contributed by atoms with Gasteiger partial charge in [-0.2, -0.15) is 0 Å². The number of nitrogens with zero attached hydrogens (tertiary/aromatic N) is 2. The SMILES string of the molecule is CC1(C)c2ccccc2C2(c3ccccc3Oc3ccccc32)c2cc(-c3nnc(-c4ccccc4)o3)ccc21. The highest BCUT2D eigenvalue weighted by molar-refractivity contribution is 5.77. The van der Waals surface area contributed by atoms with Gasteiger partial charge in [0.1, 0.15) is 11.5 Å². The van der Waals surface area contributed by atoms with Crippen molar-refractivity contribution < 1.29 is 9.15 Å². The predicted octanol–water partition coefficient (Wildman–Crippen LogP) is 8.53. The molecular formula is C36H26N2O2. The second-order valence-corrected chi connectivity index (χ2v) is 11.1. The van der Waals surface area contributed by atoms with E-state index >= 15 is 0 Å². The molecule has 0 saturated carbocycles. The van der Waals surface area contributed by atoms with Gasteiger partial charge in [0.15, 0.2) is 0 Å². The molecule has 0 unspecified atom stereocenters. The molecule has 5 aromatic carbocycles. The topological polar surface area (TPSA) is 48.2 Å². The van der Waals surface area contributed by atoms with Crippen LogP contribution < -0.4 is 4.74 Å². The van der Waals surface area contributed by atoms with Crippen molar-refractivity contribution in [3.8, 4) is 34.4 Å². The average molecular weight is 519 g/mol. The highest BCUT2D eigenvalue weighted by atomic mass is 16.5. The fraction of sp³-hybridized carbons (Fsp3) is 0.111. The first-order valence-corrected chi connectivity index (χ1v) is 13.6. The zero-order chi connectivity index (χ0) is 26.9. The summed E-state index contributed by atoms with van der Waals surface area (Å²) in [6, 6.07) is 42.2. The third kappa shape index (κ3) is 3.02. The number of benzene rings is 5. The molecule has 0 atom stereocenters. The summed E-state index contributed by atoms with van der Waals surface area (Å²) in [5, 5.41) is 8.85. The van der Waals surface area contributed by atoms with Crippen LogP contribution >= 0.6 is 0 Å². The van der Waals surface area contributed by atoms with Crippen molar-refractivity contribution in [1.82, 2.24) is 10.2 Å². The number of aromatic nitrogens is 2. The van der Waals surface area contributed by atoms with E-state index < -0.39 is 5.41 Å². The van der Waals surface area contributed by atoms with Gasteiger partial charge in [0.2, 0.25) is 11.8 Å². The van der Waals surface area contributed by atoms with Gasteiger partial charge in [-0.1, -0.05) is 98.8 Å². The van der Waals surface area contributed by atoms with E-state index in [9.17, 15) is 0 Å². The summed E-state index contributed by atoms with van der Waals surface area (Å²) in [7, 11) is 0. The van der Waals surface area contributed by atoms with Crippen LogP contribution in [-0.2, 0) is 10.8 Å². The lowest BCUT2D eigenvalue weighted by atomic mass is 9.53. The molecule has 192 valence electrons. The van der Waals surface area contributed by atoms with E-state index in [1.54, 1.807) is 0 Å². The summed E-state index contributed by atoms with van der Waals surface area (Å²) in [5.74, 6) is 2.75. The van der Waals surface area contributed by atoms with E-state index in [2.05, 4.69) is 103 Å². The molecule has 0 fully saturated rings. The van der Waals surface area contributed by atoms with Crippen LogP contribution in [0, 0.1) is 0 Å². The van der Waals surface area contributed by atoms with Gasteiger partial charge in [0, 0.05) is 27.7 Å². The molecule has 0 amide bonds. The number of rotatable bonds is 2. The fourth-order valence-electron chi connectivity index (χ4n) is 6.79.